The minimum Gasteiger partial charge on any atom is -0.481 e. The van der Waals surface area contributed by atoms with E-state index in [1.807, 2.05) is 13.8 Å². The number of anilines is 1. The summed E-state index contributed by atoms with van der Waals surface area (Å²) in [5, 5.41) is 12.3. The molecule has 5 nitrogen and oxygen atoms in total. The van der Waals surface area contributed by atoms with Crippen LogP contribution in [0.15, 0.2) is 36.4 Å². The Bertz CT molecular complexity index is 765. The van der Waals surface area contributed by atoms with Gasteiger partial charge in [-0.3, -0.25) is 4.79 Å². The quantitative estimate of drug-likeness (QED) is 0.855. The highest BCUT2D eigenvalue weighted by Crippen LogP contribution is 2.26. The molecule has 2 aromatic rings. The van der Waals surface area contributed by atoms with Gasteiger partial charge in [0.2, 0.25) is 0 Å². The zero-order valence-electron chi connectivity index (χ0n) is 13.6. The number of rotatable bonds is 5. The first-order valence-corrected chi connectivity index (χ1v) is 7.73. The van der Waals surface area contributed by atoms with Crippen LogP contribution in [0.25, 0.3) is 0 Å². The van der Waals surface area contributed by atoms with Gasteiger partial charge in [0.1, 0.15) is 5.75 Å². The van der Waals surface area contributed by atoms with E-state index in [4.69, 9.17) is 21.4 Å². The molecule has 0 heterocycles. The number of ether oxygens (including phenoxy) is 1. The number of aryl methyl sites for hydroxylation is 2. The minimum atomic E-state index is -1.05. The summed E-state index contributed by atoms with van der Waals surface area (Å²) in [6, 6.07) is 9.57. The van der Waals surface area contributed by atoms with Crippen LogP contribution in [-0.2, 0) is 4.79 Å². The summed E-state index contributed by atoms with van der Waals surface area (Å²) in [7, 11) is 0. The van der Waals surface area contributed by atoms with Gasteiger partial charge in [-0.1, -0.05) is 17.7 Å². The van der Waals surface area contributed by atoms with Gasteiger partial charge < -0.3 is 15.2 Å². The van der Waals surface area contributed by atoms with Gasteiger partial charge in [0.15, 0.2) is 6.10 Å². The molecule has 0 unspecified atom stereocenters. The summed E-state index contributed by atoms with van der Waals surface area (Å²) >= 11 is 6.11. The number of halogens is 1. The topological polar surface area (TPSA) is 75.6 Å². The Morgan fingerprint density at radius 1 is 1.17 bits per heavy atom. The SMILES string of the molecule is Cc1cc(O[C@@H](C)C(=O)Nc2cccc(C(=O)O)c2)cc(C)c1Cl. The lowest BCUT2D eigenvalue weighted by atomic mass is 10.1. The van der Waals surface area contributed by atoms with Gasteiger partial charge in [-0.25, -0.2) is 4.79 Å². The van der Waals surface area contributed by atoms with Crippen LogP contribution in [0.3, 0.4) is 0 Å². The highest BCUT2D eigenvalue weighted by Gasteiger charge is 2.16. The Labute approximate surface area is 145 Å². The first-order chi connectivity index (χ1) is 11.3. The molecule has 2 rings (SSSR count). The maximum absolute atomic E-state index is 12.2. The number of hydrogen-bond acceptors (Lipinski definition) is 3. The van der Waals surface area contributed by atoms with E-state index >= 15 is 0 Å². The van der Waals surface area contributed by atoms with Gasteiger partial charge in [0, 0.05) is 10.7 Å². The number of aromatic carboxylic acids is 1. The molecular weight excluding hydrogens is 330 g/mol. The van der Waals surface area contributed by atoms with Crippen molar-refractivity contribution in [3.63, 3.8) is 0 Å². The molecule has 2 aromatic carbocycles. The maximum Gasteiger partial charge on any atom is 0.335 e. The fourth-order valence-electron chi connectivity index (χ4n) is 2.21. The molecule has 6 heteroatoms. The van der Waals surface area contributed by atoms with Gasteiger partial charge in [0.25, 0.3) is 5.91 Å². The third-order valence-corrected chi connectivity index (χ3v) is 4.07. The molecule has 24 heavy (non-hydrogen) atoms. The van der Waals surface area contributed by atoms with Crippen LogP contribution in [0.5, 0.6) is 5.75 Å². The summed E-state index contributed by atoms with van der Waals surface area (Å²) in [6.45, 7) is 5.35. The highest BCUT2D eigenvalue weighted by molar-refractivity contribution is 6.32. The zero-order chi connectivity index (χ0) is 17.9. The second-order valence-corrected chi connectivity index (χ2v) is 5.88. The maximum atomic E-state index is 12.2. The Balaban J connectivity index is 2.07. The Hall–Kier alpha value is -2.53. The Morgan fingerprint density at radius 2 is 1.79 bits per heavy atom. The first kappa shape index (κ1) is 17.8. The minimum absolute atomic E-state index is 0.102. The van der Waals surface area contributed by atoms with Crippen molar-refractivity contribution in [3.05, 3.63) is 58.1 Å². The van der Waals surface area contributed by atoms with Crippen LogP contribution in [0.2, 0.25) is 5.02 Å². The van der Waals surface area contributed by atoms with Gasteiger partial charge in [0.05, 0.1) is 5.56 Å². The lowest BCUT2D eigenvalue weighted by molar-refractivity contribution is -0.122. The van der Waals surface area contributed by atoms with Gasteiger partial charge in [-0.2, -0.15) is 0 Å². The standard InChI is InChI=1S/C18H18ClNO4/c1-10-7-15(8-11(2)16(10)19)24-12(3)17(21)20-14-6-4-5-13(9-14)18(22)23/h4-9,12H,1-3H3,(H,20,21)(H,22,23)/t12-/m0/s1. The van der Waals surface area contributed by atoms with Gasteiger partial charge in [-0.15, -0.1) is 0 Å². The largest absolute Gasteiger partial charge is 0.481 e. The van der Waals surface area contributed by atoms with Crippen LogP contribution in [0.4, 0.5) is 5.69 Å². The molecule has 1 atom stereocenters. The molecule has 1 amide bonds. The molecule has 2 N–H and O–H groups in total. The monoisotopic (exact) mass is 347 g/mol. The Morgan fingerprint density at radius 3 is 2.38 bits per heavy atom. The van der Waals surface area contributed by atoms with E-state index in [0.717, 1.165) is 11.1 Å². The Kier molecular flexibility index (Phi) is 5.46. The number of carbonyl (C=O) groups excluding carboxylic acids is 1. The van der Waals surface area contributed by atoms with E-state index in [1.165, 1.54) is 12.1 Å². The van der Waals surface area contributed by atoms with Gasteiger partial charge in [-0.05, 0) is 62.2 Å². The molecule has 0 aliphatic carbocycles. The second kappa shape index (κ2) is 7.36. The molecule has 0 saturated heterocycles. The number of benzene rings is 2. The molecule has 0 spiro atoms. The number of carboxylic acid groups (broad SMARTS) is 1. The van der Waals surface area contributed by atoms with E-state index in [1.54, 1.807) is 31.2 Å². The van der Waals surface area contributed by atoms with Crippen molar-refractivity contribution in [3.8, 4) is 5.75 Å². The average Bonchev–Trinajstić information content (AvgIpc) is 2.52. The fourth-order valence-corrected chi connectivity index (χ4v) is 2.31. The van der Waals surface area contributed by atoms with Crippen molar-refractivity contribution >= 4 is 29.2 Å². The summed E-state index contributed by atoms with van der Waals surface area (Å²) in [4.78, 5) is 23.2. The van der Waals surface area contributed by atoms with E-state index in [-0.39, 0.29) is 11.5 Å². The lowest BCUT2D eigenvalue weighted by Crippen LogP contribution is -2.30. The molecule has 0 fully saturated rings. The molecular formula is C18H18ClNO4. The molecule has 126 valence electrons. The molecule has 0 aliphatic rings. The lowest BCUT2D eigenvalue weighted by Gasteiger charge is -2.16. The predicted octanol–water partition coefficient (Wildman–Crippen LogP) is 4.06. The van der Waals surface area contributed by atoms with E-state index in [2.05, 4.69) is 5.32 Å². The number of nitrogens with one attached hydrogen (secondary N) is 1. The zero-order valence-corrected chi connectivity index (χ0v) is 14.3. The predicted molar refractivity (Wildman–Crippen MR) is 93.0 cm³/mol. The third-order valence-electron chi connectivity index (χ3n) is 3.47. The smallest absolute Gasteiger partial charge is 0.335 e. The average molecular weight is 348 g/mol. The first-order valence-electron chi connectivity index (χ1n) is 7.35. The molecule has 0 aliphatic heterocycles. The summed E-state index contributed by atoms with van der Waals surface area (Å²) in [5.41, 5.74) is 2.24. The van der Waals surface area contributed by atoms with E-state index in [9.17, 15) is 9.59 Å². The van der Waals surface area contributed by atoms with Crippen LogP contribution >= 0.6 is 11.6 Å². The number of amides is 1. The van der Waals surface area contributed by atoms with Crippen LogP contribution in [0.1, 0.15) is 28.4 Å². The van der Waals surface area contributed by atoms with Crippen LogP contribution < -0.4 is 10.1 Å². The van der Waals surface area contributed by atoms with E-state index in [0.29, 0.717) is 16.5 Å². The van der Waals surface area contributed by atoms with Crippen molar-refractivity contribution in [1.29, 1.82) is 0 Å². The number of carbonyl (C=O) groups is 2. The summed E-state index contributed by atoms with van der Waals surface area (Å²) in [5.74, 6) is -0.873. The van der Waals surface area contributed by atoms with Crippen molar-refractivity contribution in [2.24, 2.45) is 0 Å². The molecule has 0 saturated carbocycles. The highest BCUT2D eigenvalue weighted by atomic mass is 35.5. The number of hydrogen-bond donors (Lipinski definition) is 2. The van der Waals surface area contributed by atoms with Crippen LogP contribution in [-0.4, -0.2) is 23.1 Å². The van der Waals surface area contributed by atoms with Crippen molar-refractivity contribution in [1.82, 2.24) is 0 Å². The second-order valence-electron chi connectivity index (χ2n) is 5.51. The molecule has 0 radical (unpaired) electrons. The normalized spacial score (nSPS) is 11.7. The summed E-state index contributed by atoms with van der Waals surface area (Å²) < 4.78 is 5.66. The van der Waals surface area contributed by atoms with E-state index < -0.39 is 12.1 Å². The molecule has 0 bridgehead atoms. The van der Waals surface area contributed by atoms with Crippen molar-refractivity contribution in [2.45, 2.75) is 26.9 Å². The van der Waals surface area contributed by atoms with Gasteiger partial charge >= 0.3 is 5.97 Å². The number of carboxylic acids is 1. The van der Waals surface area contributed by atoms with Crippen molar-refractivity contribution < 1.29 is 19.4 Å². The van der Waals surface area contributed by atoms with Crippen LogP contribution in [0, 0.1) is 13.8 Å². The molecule has 0 aromatic heterocycles. The third kappa shape index (κ3) is 4.26. The van der Waals surface area contributed by atoms with Crippen molar-refractivity contribution in [2.75, 3.05) is 5.32 Å². The fraction of sp³-hybridized carbons (Fsp3) is 0.222. The summed E-state index contributed by atoms with van der Waals surface area (Å²) in [6.07, 6.45) is -0.751.